The first-order chi connectivity index (χ1) is 7.65. The number of methoxy groups -OCH3 is 1. The van der Waals surface area contributed by atoms with Crippen LogP contribution in [0.1, 0.15) is 12.5 Å². The van der Waals surface area contributed by atoms with Crippen molar-refractivity contribution in [2.45, 2.75) is 12.7 Å². The van der Waals surface area contributed by atoms with E-state index in [-0.39, 0.29) is 11.9 Å². The topological polar surface area (TPSA) is 26.3 Å². The second-order valence-electron chi connectivity index (χ2n) is 3.53. The van der Waals surface area contributed by atoms with E-state index in [0.29, 0.717) is 0 Å². The van der Waals surface area contributed by atoms with Gasteiger partial charge in [-0.05, 0) is 11.6 Å². The molecular formula is C12H15ClO2S. The highest BCUT2D eigenvalue weighted by Crippen LogP contribution is 2.22. The SMILES string of the molecule is COC(=O)C(C)CSCc1ccccc1Cl. The van der Waals surface area contributed by atoms with Gasteiger partial charge < -0.3 is 4.74 Å². The summed E-state index contributed by atoms with van der Waals surface area (Å²) in [4.78, 5) is 11.2. The van der Waals surface area contributed by atoms with Crippen LogP contribution in [0.5, 0.6) is 0 Å². The van der Waals surface area contributed by atoms with E-state index in [1.165, 1.54) is 7.11 Å². The van der Waals surface area contributed by atoms with E-state index in [1.54, 1.807) is 11.8 Å². The molecule has 0 heterocycles. The molecule has 0 saturated heterocycles. The van der Waals surface area contributed by atoms with Crippen LogP contribution in [0, 0.1) is 5.92 Å². The van der Waals surface area contributed by atoms with Gasteiger partial charge in [-0.25, -0.2) is 0 Å². The third-order valence-electron chi connectivity index (χ3n) is 2.19. The molecule has 2 nitrogen and oxygen atoms in total. The summed E-state index contributed by atoms with van der Waals surface area (Å²) in [6.45, 7) is 1.87. The minimum atomic E-state index is -0.161. The second kappa shape index (κ2) is 6.81. The Labute approximate surface area is 105 Å². The van der Waals surface area contributed by atoms with Crippen molar-refractivity contribution in [3.63, 3.8) is 0 Å². The molecule has 88 valence electrons. The Balaban J connectivity index is 2.36. The Morgan fingerprint density at radius 3 is 2.81 bits per heavy atom. The van der Waals surface area contributed by atoms with Gasteiger partial charge in [0.2, 0.25) is 0 Å². The molecule has 0 amide bonds. The fourth-order valence-electron chi connectivity index (χ4n) is 1.23. The average Bonchev–Trinajstić information content (AvgIpc) is 2.30. The molecule has 0 aliphatic rings. The fourth-order valence-corrected chi connectivity index (χ4v) is 2.59. The summed E-state index contributed by atoms with van der Waals surface area (Å²) in [6, 6.07) is 7.75. The van der Waals surface area contributed by atoms with E-state index in [1.807, 2.05) is 31.2 Å². The zero-order valence-corrected chi connectivity index (χ0v) is 11.0. The highest BCUT2D eigenvalue weighted by Gasteiger charge is 2.12. The Kier molecular flexibility index (Phi) is 5.71. The Morgan fingerprint density at radius 2 is 2.19 bits per heavy atom. The van der Waals surface area contributed by atoms with Crippen molar-refractivity contribution in [3.05, 3.63) is 34.9 Å². The van der Waals surface area contributed by atoms with Crippen molar-refractivity contribution in [2.75, 3.05) is 12.9 Å². The zero-order valence-electron chi connectivity index (χ0n) is 9.40. The van der Waals surface area contributed by atoms with Gasteiger partial charge in [0.25, 0.3) is 0 Å². The maximum atomic E-state index is 11.2. The van der Waals surface area contributed by atoms with Crippen LogP contribution in [-0.2, 0) is 15.3 Å². The number of rotatable bonds is 5. The van der Waals surface area contributed by atoms with Gasteiger partial charge in [0.15, 0.2) is 0 Å². The molecule has 0 saturated carbocycles. The van der Waals surface area contributed by atoms with Crippen molar-refractivity contribution in [1.29, 1.82) is 0 Å². The maximum absolute atomic E-state index is 11.2. The van der Waals surface area contributed by atoms with Gasteiger partial charge in [-0.1, -0.05) is 36.7 Å². The maximum Gasteiger partial charge on any atom is 0.309 e. The van der Waals surface area contributed by atoms with E-state index in [4.69, 9.17) is 11.6 Å². The largest absolute Gasteiger partial charge is 0.469 e. The third kappa shape index (κ3) is 4.06. The minimum absolute atomic E-state index is 0.0718. The molecule has 4 heteroatoms. The van der Waals surface area contributed by atoms with Crippen LogP contribution in [0.3, 0.4) is 0 Å². The molecule has 1 atom stereocenters. The van der Waals surface area contributed by atoms with Gasteiger partial charge in [-0.2, -0.15) is 11.8 Å². The monoisotopic (exact) mass is 258 g/mol. The lowest BCUT2D eigenvalue weighted by atomic mass is 10.2. The lowest BCUT2D eigenvalue weighted by Crippen LogP contribution is -2.14. The smallest absolute Gasteiger partial charge is 0.309 e. The third-order valence-corrected chi connectivity index (χ3v) is 3.81. The van der Waals surface area contributed by atoms with E-state index >= 15 is 0 Å². The van der Waals surface area contributed by atoms with Crippen molar-refractivity contribution in [1.82, 2.24) is 0 Å². The lowest BCUT2D eigenvalue weighted by molar-refractivity contribution is -0.143. The van der Waals surface area contributed by atoms with Gasteiger partial charge in [0, 0.05) is 16.5 Å². The molecule has 1 unspecified atom stereocenters. The molecule has 1 rings (SSSR count). The van der Waals surface area contributed by atoms with Gasteiger partial charge in [0.05, 0.1) is 13.0 Å². The first kappa shape index (κ1) is 13.4. The Bertz CT molecular complexity index is 355. The van der Waals surface area contributed by atoms with Crippen LogP contribution in [0.25, 0.3) is 0 Å². The highest BCUT2D eigenvalue weighted by molar-refractivity contribution is 7.98. The predicted molar refractivity (Wildman–Crippen MR) is 68.8 cm³/mol. The van der Waals surface area contributed by atoms with Gasteiger partial charge in [-0.3, -0.25) is 4.79 Å². The van der Waals surface area contributed by atoms with Crippen LogP contribution in [0.4, 0.5) is 0 Å². The summed E-state index contributed by atoms with van der Waals surface area (Å²) in [5.74, 6) is 1.34. The number of hydrogen-bond acceptors (Lipinski definition) is 3. The number of carbonyl (C=O) groups is 1. The molecule has 0 aliphatic heterocycles. The van der Waals surface area contributed by atoms with Crippen LogP contribution < -0.4 is 0 Å². The zero-order chi connectivity index (χ0) is 12.0. The number of carbonyl (C=O) groups excluding carboxylic acids is 1. The van der Waals surface area contributed by atoms with Crippen molar-refractivity contribution < 1.29 is 9.53 Å². The summed E-state index contributed by atoms with van der Waals surface area (Å²) >= 11 is 7.71. The van der Waals surface area contributed by atoms with Crippen molar-refractivity contribution >= 4 is 29.3 Å². The van der Waals surface area contributed by atoms with Gasteiger partial charge in [0.1, 0.15) is 0 Å². The Hall–Kier alpha value is -0.670. The number of benzene rings is 1. The molecule has 16 heavy (non-hydrogen) atoms. The molecule has 0 aliphatic carbocycles. The number of esters is 1. The fraction of sp³-hybridized carbons (Fsp3) is 0.417. The summed E-state index contributed by atoms with van der Waals surface area (Å²) in [5, 5.41) is 0.778. The van der Waals surface area contributed by atoms with E-state index in [0.717, 1.165) is 22.1 Å². The molecule has 0 radical (unpaired) electrons. The molecular weight excluding hydrogens is 244 g/mol. The number of hydrogen-bond donors (Lipinski definition) is 0. The molecule has 0 bridgehead atoms. The van der Waals surface area contributed by atoms with Gasteiger partial charge >= 0.3 is 5.97 Å². The van der Waals surface area contributed by atoms with Crippen LogP contribution in [0.2, 0.25) is 5.02 Å². The highest BCUT2D eigenvalue weighted by atomic mass is 35.5. The van der Waals surface area contributed by atoms with E-state index in [9.17, 15) is 4.79 Å². The summed E-state index contributed by atoms with van der Waals surface area (Å²) in [6.07, 6.45) is 0. The number of halogens is 1. The van der Waals surface area contributed by atoms with E-state index in [2.05, 4.69) is 4.74 Å². The number of thioether (sulfide) groups is 1. The predicted octanol–water partition coefficient (Wildman–Crippen LogP) is 3.38. The van der Waals surface area contributed by atoms with Gasteiger partial charge in [-0.15, -0.1) is 0 Å². The standard InChI is InChI=1S/C12H15ClO2S/c1-9(12(14)15-2)7-16-8-10-5-3-4-6-11(10)13/h3-6,9H,7-8H2,1-2H3. The number of ether oxygens (including phenoxy) is 1. The minimum Gasteiger partial charge on any atom is -0.469 e. The quantitative estimate of drug-likeness (QED) is 0.758. The van der Waals surface area contributed by atoms with Crippen LogP contribution in [-0.4, -0.2) is 18.8 Å². The van der Waals surface area contributed by atoms with Crippen LogP contribution in [0.15, 0.2) is 24.3 Å². The molecule has 0 spiro atoms. The molecule has 1 aromatic carbocycles. The molecule has 0 fully saturated rings. The van der Waals surface area contributed by atoms with Crippen molar-refractivity contribution in [3.8, 4) is 0 Å². The summed E-state index contributed by atoms with van der Waals surface area (Å²) < 4.78 is 4.66. The summed E-state index contributed by atoms with van der Waals surface area (Å²) in [7, 11) is 1.41. The second-order valence-corrected chi connectivity index (χ2v) is 4.97. The normalized spacial score (nSPS) is 12.2. The molecule has 0 N–H and O–H groups in total. The summed E-state index contributed by atoms with van der Waals surface area (Å²) in [5.41, 5.74) is 1.10. The first-order valence-electron chi connectivity index (χ1n) is 5.04. The lowest BCUT2D eigenvalue weighted by Gasteiger charge is -2.09. The van der Waals surface area contributed by atoms with E-state index < -0.39 is 0 Å². The first-order valence-corrected chi connectivity index (χ1v) is 6.57. The molecule has 0 aromatic heterocycles. The average molecular weight is 259 g/mol. The Morgan fingerprint density at radius 1 is 1.50 bits per heavy atom. The van der Waals surface area contributed by atoms with Crippen LogP contribution >= 0.6 is 23.4 Å². The van der Waals surface area contributed by atoms with Crippen molar-refractivity contribution in [2.24, 2.45) is 5.92 Å². The molecule has 1 aromatic rings.